The zero-order valence-electron chi connectivity index (χ0n) is 18.8. The van der Waals surface area contributed by atoms with Crippen molar-refractivity contribution in [2.45, 2.75) is 13.5 Å². The van der Waals surface area contributed by atoms with E-state index >= 15 is 0 Å². The lowest BCUT2D eigenvalue weighted by Crippen LogP contribution is -2.22. The number of rotatable bonds is 7. The van der Waals surface area contributed by atoms with Crippen LogP contribution in [0.25, 0.3) is 10.9 Å². The second-order valence-electron chi connectivity index (χ2n) is 8.05. The fourth-order valence-corrected chi connectivity index (χ4v) is 3.72. The molecule has 168 valence electrons. The van der Waals surface area contributed by atoms with Gasteiger partial charge in [0, 0.05) is 50.4 Å². The van der Waals surface area contributed by atoms with Crippen molar-refractivity contribution in [3.8, 4) is 0 Å². The minimum Gasteiger partial charge on any atom is -0.380 e. The molecule has 0 aliphatic rings. The van der Waals surface area contributed by atoms with Gasteiger partial charge in [-0.25, -0.2) is 4.98 Å². The van der Waals surface area contributed by atoms with Gasteiger partial charge >= 0.3 is 0 Å². The van der Waals surface area contributed by atoms with Crippen LogP contribution in [0.2, 0.25) is 0 Å². The van der Waals surface area contributed by atoms with Gasteiger partial charge in [0.1, 0.15) is 5.82 Å². The van der Waals surface area contributed by atoms with E-state index in [-0.39, 0.29) is 5.91 Å². The van der Waals surface area contributed by atoms with Gasteiger partial charge in [-0.3, -0.25) is 9.59 Å². The molecular weight excluding hydrogens is 416 g/mol. The molecule has 0 fully saturated rings. The lowest BCUT2D eigenvalue weighted by Gasteiger charge is -2.15. The van der Waals surface area contributed by atoms with E-state index in [9.17, 15) is 9.59 Å². The Kier molecular flexibility index (Phi) is 5.99. The number of nitrogens with zero attached hydrogens (tertiary/aromatic N) is 2. The zero-order valence-corrected chi connectivity index (χ0v) is 18.8. The van der Waals surface area contributed by atoms with Crippen LogP contribution in [0, 0.1) is 6.92 Å². The van der Waals surface area contributed by atoms with E-state index in [1.165, 1.54) is 6.20 Å². The summed E-state index contributed by atoms with van der Waals surface area (Å²) >= 11 is 0. The van der Waals surface area contributed by atoms with Gasteiger partial charge in [0.15, 0.2) is 0 Å². The summed E-state index contributed by atoms with van der Waals surface area (Å²) < 4.78 is 0. The van der Waals surface area contributed by atoms with Crippen LogP contribution in [0.5, 0.6) is 0 Å². The Morgan fingerprint density at radius 1 is 1.09 bits per heavy atom. The van der Waals surface area contributed by atoms with Gasteiger partial charge in [-0.15, -0.1) is 0 Å². The van der Waals surface area contributed by atoms with Crippen molar-refractivity contribution in [2.24, 2.45) is 5.73 Å². The molecule has 0 radical (unpaired) electrons. The van der Waals surface area contributed by atoms with Gasteiger partial charge in [-0.1, -0.05) is 18.2 Å². The Bertz CT molecular complexity index is 1340. The molecule has 0 saturated carbocycles. The van der Waals surface area contributed by atoms with E-state index in [2.05, 4.69) is 20.6 Å². The van der Waals surface area contributed by atoms with Crippen molar-refractivity contribution in [2.75, 3.05) is 24.7 Å². The molecule has 4 rings (SSSR count). The van der Waals surface area contributed by atoms with Crippen molar-refractivity contribution in [1.29, 1.82) is 0 Å². The molecule has 2 heterocycles. The van der Waals surface area contributed by atoms with Gasteiger partial charge in [0.25, 0.3) is 11.8 Å². The third kappa shape index (κ3) is 4.64. The van der Waals surface area contributed by atoms with Gasteiger partial charge in [0.05, 0.1) is 16.8 Å². The molecule has 0 aliphatic heterocycles. The second-order valence-corrected chi connectivity index (χ2v) is 8.05. The van der Waals surface area contributed by atoms with Crippen LogP contribution in [-0.2, 0) is 6.54 Å². The minimum atomic E-state index is -0.558. The number of nitrogens with two attached hydrogens (primary N) is 1. The van der Waals surface area contributed by atoms with Crippen LogP contribution in [0.4, 0.5) is 17.2 Å². The van der Waals surface area contributed by atoms with E-state index in [1.54, 1.807) is 31.1 Å². The number of benzene rings is 2. The fraction of sp³-hybridized carbons (Fsp3) is 0.160. The number of H-pyrrole nitrogens is 1. The summed E-state index contributed by atoms with van der Waals surface area (Å²) in [7, 11) is 3.45. The highest BCUT2D eigenvalue weighted by Gasteiger charge is 2.14. The number of aromatic amines is 1. The zero-order chi connectivity index (χ0) is 23.5. The van der Waals surface area contributed by atoms with Crippen molar-refractivity contribution in [1.82, 2.24) is 14.9 Å². The number of anilines is 3. The molecule has 4 aromatic rings. The first-order valence-corrected chi connectivity index (χ1v) is 10.5. The van der Waals surface area contributed by atoms with E-state index < -0.39 is 5.91 Å². The van der Waals surface area contributed by atoms with E-state index in [1.807, 2.05) is 49.5 Å². The largest absolute Gasteiger partial charge is 0.380 e. The Morgan fingerprint density at radius 2 is 1.91 bits per heavy atom. The highest BCUT2D eigenvalue weighted by atomic mass is 16.2. The summed E-state index contributed by atoms with van der Waals surface area (Å²) in [6.45, 7) is 2.39. The van der Waals surface area contributed by atoms with Crippen LogP contribution in [0.1, 0.15) is 31.8 Å². The number of hydrogen-bond acceptors (Lipinski definition) is 5. The van der Waals surface area contributed by atoms with Crippen LogP contribution in [-0.4, -0.2) is 40.8 Å². The maximum absolute atomic E-state index is 12.3. The summed E-state index contributed by atoms with van der Waals surface area (Å²) in [6, 6.07) is 15.3. The molecule has 0 saturated heterocycles. The third-order valence-electron chi connectivity index (χ3n) is 5.45. The maximum Gasteiger partial charge on any atom is 0.253 e. The summed E-state index contributed by atoms with van der Waals surface area (Å²) in [5.41, 5.74) is 10.8. The number of para-hydroxylation sites is 1. The van der Waals surface area contributed by atoms with Crippen molar-refractivity contribution >= 4 is 39.9 Å². The molecule has 2 aromatic carbocycles. The normalized spacial score (nSPS) is 10.8. The number of pyridine rings is 1. The van der Waals surface area contributed by atoms with E-state index in [0.29, 0.717) is 29.2 Å². The average Bonchev–Trinajstić information content (AvgIpc) is 3.27. The van der Waals surface area contributed by atoms with Crippen molar-refractivity contribution in [3.05, 3.63) is 83.2 Å². The number of fused-ring (bicyclic) bond motifs is 1. The topological polar surface area (TPSA) is 116 Å². The molecule has 33 heavy (non-hydrogen) atoms. The first-order chi connectivity index (χ1) is 15.8. The Hall–Kier alpha value is -4.33. The SMILES string of the molecule is Cc1cc(Nc2cc(NCc3cccc4cc[nH]c34)c(C(N)=O)cn2)ccc1C(=O)N(C)C. The highest BCUT2D eigenvalue weighted by molar-refractivity contribution is 5.99. The molecule has 0 bridgehead atoms. The summed E-state index contributed by atoms with van der Waals surface area (Å²) in [4.78, 5) is 33.4. The molecule has 0 spiro atoms. The lowest BCUT2D eigenvalue weighted by atomic mass is 10.1. The monoisotopic (exact) mass is 442 g/mol. The first kappa shape index (κ1) is 21.9. The second kappa shape index (κ2) is 9.04. The maximum atomic E-state index is 12.3. The smallest absolute Gasteiger partial charge is 0.253 e. The van der Waals surface area contributed by atoms with Gasteiger partial charge in [0.2, 0.25) is 0 Å². The molecule has 0 aliphatic carbocycles. The van der Waals surface area contributed by atoms with Crippen molar-refractivity contribution < 1.29 is 9.59 Å². The average molecular weight is 443 g/mol. The number of aromatic nitrogens is 2. The third-order valence-corrected chi connectivity index (χ3v) is 5.45. The van der Waals surface area contributed by atoms with Crippen LogP contribution >= 0.6 is 0 Å². The van der Waals surface area contributed by atoms with E-state index in [0.717, 1.165) is 27.7 Å². The Morgan fingerprint density at radius 3 is 2.64 bits per heavy atom. The number of primary amides is 1. The molecule has 8 heteroatoms. The number of amides is 2. The predicted octanol–water partition coefficient (Wildman–Crippen LogP) is 4.03. The molecule has 2 amide bonds. The van der Waals surface area contributed by atoms with Gasteiger partial charge < -0.3 is 26.3 Å². The van der Waals surface area contributed by atoms with Gasteiger partial charge in [-0.2, -0.15) is 0 Å². The lowest BCUT2D eigenvalue weighted by molar-refractivity contribution is 0.0826. The first-order valence-electron chi connectivity index (χ1n) is 10.5. The van der Waals surface area contributed by atoms with E-state index in [4.69, 9.17) is 5.73 Å². The summed E-state index contributed by atoms with van der Waals surface area (Å²) in [6.07, 6.45) is 3.36. The van der Waals surface area contributed by atoms with Gasteiger partial charge in [-0.05, 0) is 47.7 Å². The summed E-state index contributed by atoms with van der Waals surface area (Å²) in [5.74, 6) is -0.0599. The summed E-state index contributed by atoms with van der Waals surface area (Å²) in [5, 5.41) is 7.67. The fourth-order valence-electron chi connectivity index (χ4n) is 3.72. The molecule has 0 atom stereocenters. The Labute approximate surface area is 191 Å². The molecule has 8 nitrogen and oxygen atoms in total. The quantitative estimate of drug-likeness (QED) is 0.345. The standard InChI is InChI=1S/C25H26N6O2/c1-15-11-18(7-8-19(15)25(33)31(2)3)30-22-12-21(20(14-29-22)24(26)32)28-13-17-6-4-5-16-9-10-27-23(16)17/h4-12,14,27H,13H2,1-3H3,(H2,26,32)(H2,28,29,30). The number of nitrogens with one attached hydrogen (secondary N) is 3. The minimum absolute atomic E-state index is 0.0495. The molecule has 5 N–H and O–H groups in total. The molecule has 0 unspecified atom stereocenters. The van der Waals surface area contributed by atoms with Crippen LogP contribution in [0.15, 0.2) is 60.9 Å². The predicted molar refractivity (Wildman–Crippen MR) is 131 cm³/mol. The number of aryl methyl sites for hydroxylation is 1. The highest BCUT2D eigenvalue weighted by Crippen LogP contribution is 2.25. The molecular formula is C25H26N6O2. The van der Waals surface area contributed by atoms with Crippen LogP contribution < -0.4 is 16.4 Å². The van der Waals surface area contributed by atoms with Crippen molar-refractivity contribution in [3.63, 3.8) is 0 Å². The number of hydrogen-bond donors (Lipinski definition) is 4. The Balaban J connectivity index is 1.57. The molecule has 2 aromatic heterocycles. The van der Waals surface area contributed by atoms with Crippen LogP contribution in [0.3, 0.4) is 0 Å². The number of carbonyl (C=O) groups is 2. The number of carbonyl (C=O) groups excluding carboxylic acids is 2.